The van der Waals surface area contributed by atoms with Crippen LogP contribution in [-0.4, -0.2) is 70.6 Å². The quantitative estimate of drug-likeness (QED) is 0.360. The van der Waals surface area contributed by atoms with Gasteiger partial charge in [0, 0.05) is 37.8 Å². The van der Waals surface area contributed by atoms with Crippen molar-refractivity contribution in [1.29, 1.82) is 0 Å². The summed E-state index contributed by atoms with van der Waals surface area (Å²) in [6.07, 6.45) is -2.16. The summed E-state index contributed by atoms with van der Waals surface area (Å²) in [5, 5.41) is 14.1. The number of carbonyl (C=O) groups is 4. The SMILES string of the molecule is CC(=O)NC[C@H]1CN(c2cc(F)c(N3CCn4c(=O)c5cc(NC(=O)CC(=O)O)ccc5n4CC3)c(F)c2)C(=O)O1. The van der Waals surface area contributed by atoms with Gasteiger partial charge in [0.15, 0.2) is 11.6 Å². The van der Waals surface area contributed by atoms with E-state index in [0.717, 1.165) is 17.0 Å². The number of benzene rings is 2. The van der Waals surface area contributed by atoms with Crippen LogP contribution in [0.5, 0.6) is 0 Å². The molecule has 0 saturated carbocycles. The molecule has 2 aliphatic rings. The number of amides is 3. The van der Waals surface area contributed by atoms with Gasteiger partial charge in [0.1, 0.15) is 18.2 Å². The van der Waals surface area contributed by atoms with E-state index >= 15 is 8.78 Å². The van der Waals surface area contributed by atoms with Gasteiger partial charge in [-0.05, 0) is 18.2 Å². The lowest BCUT2D eigenvalue weighted by atomic mass is 10.2. The fourth-order valence-electron chi connectivity index (χ4n) is 5.07. The number of carboxylic acid groups (broad SMARTS) is 1. The summed E-state index contributed by atoms with van der Waals surface area (Å²) in [7, 11) is 0. The summed E-state index contributed by atoms with van der Waals surface area (Å²) < 4.78 is 38.9. The molecule has 0 spiro atoms. The van der Waals surface area contributed by atoms with Gasteiger partial charge < -0.3 is 25.4 Å². The molecule has 3 amide bonds. The first-order chi connectivity index (χ1) is 19.5. The number of hydrogen-bond donors (Lipinski definition) is 3. The number of fused-ring (bicyclic) bond motifs is 3. The molecule has 2 aromatic carbocycles. The van der Waals surface area contributed by atoms with Crippen molar-refractivity contribution >= 4 is 51.8 Å². The molecule has 216 valence electrons. The largest absolute Gasteiger partial charge is 0.481 e. The van der Waals surface area contributed by atoms with E-state index in [0.29, 0.717) is 10.9 Å². The van der Waals surface area contributed by atoms with E-state index in [1.165, 1.54) is 22.6 Å². The van der Waals surface area contributed by atoms with Crippen LogP contribution in [0.3, 0.4) is 0 Å². The third-order valence-electron chi connectivity index (χ3n) is 6.87. The van der Waals surface area contributed by atoms with Gasteiger partial charge in [-0.2, -0.15) is 0 Å². The number of nitrogens with one attached hydrogen (secondary N) is 2. The summed E-state index contributed by atoms with van der Waals surface area (Å²) in [5.41, 5.74) is 0.146. The Morgan fingerprint density at radius 2 is 1.71 bits per heavy atom. The molecule has 0 bridgehead atoms. The topological polar surface area (TPSA) is 155 Å². The minimum absolute atomic E-state index is 0.0114. The highest BCUT2D eigenvalue weighted by molar-refractivity contribution is 6.02. The predicted molar refractivity (Wildman–Crippen MR) is 142 cm³/mol. The van der Waals surface area contributed by atoms with Crippen molar-refractivity contribution in [3.05, 3.63) is 52.3 Å². The molecule has 2 aliphatic heterocycles. The van der Waals surface area contributed by atoms with Crippen molar-refractivity contribution in [1.82, 2.24) is 14.7 Å². The summed E-state index contributed by atoms with van der Waals surface area (Å²) in [6.45, 7) is 2.00. The van der Waals surface area contributed by atoms with Gasteiger partial charge in [-0.3, -0.25) is 28.8 Å². The van der Waals surface area contributed by atoms with Crippen LogP contribution < -0.4 is 26.0 Å². The molecule has 3 N–H and O–H groups in total. The second-order valence-corrected chi connectivity index (χ2v) is 9.70. The normalized spacial score (nSPS) is 16.8. The first-order valence-electron chi connectivity index (χ1n) is 12.7. The third-order valence-corrected chi connectivity index (χ3v) is 6.87. The van der Waals surface area contributed by atoms with Gasteiger partial charge in [-0.1, -0.05) is 0 Å². The number of ether oxygens (including phenoxy) is 1. The van der Waals surface area contributed by atoms with Crippen LogP contribution in [0.4, 0.5) is 30.6 Å². The van der Waals surface area contributed by atoms with Crippen LogP contribution >= 0.6 is 0 Å². The number of rotatable bonds is 7. The third kappa shape index (κ3) is 5.55. The van der Waals surface area contributed by atoms with Crippen LogP contribution in [0.25, 0.3) is 10.9 Å². The number of carbonyl (C=O) groups excluding carboxylic acids is 3. The highest BCUT2D eigenvalue weighted by Crippen LogP contribution is 2.32. The molecule has 5 rings (SSSR count). The smallest absolute Gasteiger partial charge is 0.414 e. The zero-order valence-electron chi connectivity index (χ0n) is 21.9. The molecule has 13 nitrogen and oxygen atoms in total. The Kier molecular flexibility index (Phi) is 7.34. The molecular weight excluding hydrogens is 546 g/mol. The molecule has 0 aliphatic carbocycles. The fraction of sp³-hybridized carbons (Fsp3) is 0.346. The Morgan fingerprint density at radius 1 is 1.02 bits per heavy atom. The highest BCUT2D eigenvalue weighted by Gasteiger charge is 2.34. The number of aliphatic carboxylic acids is 1. The average Bonchev–Trinajstić information content (AvgIpc) is 3.29. The molecule has 3 heterocycles. The Labute approximate surface area is 230 Å². The van der Waals surface area contributed by atoms with Crippen molar-refractivity contribution in [3.8, 4) is 0 Å². The van der Waals surface area contributed by atoms with Crippen LogP contribution in [0.2, 0.25) is 0 Å². The van der Waals surface area contributed by atoms with Gasteiger partial charge in [0.2, 0.25) is 11.8 Å². The lowest BCUT2D eigenvalue weighted by Crippen LogP contribution is -2.33. The maximum absolute atomic E-state index is 15.3. The number of anilines is 3. The lowest BCUT2D eigenvalue weighted by molar-refractivity contribution is -0.139. The van der Waals surface area contributed by atoms with Crippen LogP contribution in [0.1, 0.15) is 13.3 Å². The van der Waals surface area contributed by atoms with E-state index in [1.54, 1.807) is 16.8 Å². The molecule has 41 heavy (non-hydrogen) atoms. The fourth-order valence-corrected chi connectivity index (χ4v) is 5.07. The maximum Gasteiger partial charge on any atom is 0.414 e. The van der Waals surface area contributed by atoms with E-state index in [2.05, 4.69) is 10.6 Å². The number of nitrogens with zero attached hydrogens (tertiary/aromatic N) is 4. The van der Waals surface area contributed by atoms with Gasteiger partial charge in [0.25, 0.3) is 5.56 Å². The predicted octanol–water partition coefficient (Wildman–Crippen LogP) is 1.48. The molecule has 0 unspecified atom stereocenters. The maximum atomic E-state index is 15.3. The number of aromatic nitrogens is 2. The van der Waals surface area contributed by atoms with E-state index in [1.807, 2.05) is 0 Å². The number of carboxylic acids is 1. The number of cyclic esters (lactones) is 1. The molecule has 15 heteroatoms. The van der Waals surface area contributed by atoms with Crippen molar-refractivity contribution in [2.45, 2.75) is 32.5 Å². The van der Waals surface area contributed by atoms with Crippen LogP contribution in [0, 0.1) is 11.6 Å². The molecule has 1 aromatic heterocycles. The first kappa shape index (κ1) is 27.6. The molecule has 1 fully saturated rings. The Morgan fingerprint density at radius 3 is 2.37 bits per heavy atom. The Hall–Kier alpha value is -4.95. The van der Waals surface area contributed by atoms with Gasteiger partial charge in [0.05, 0.1) is 42.8 Å². The second-order valence-electron chi connectivity index (χ2n) is 9.70. The molecular formula is C26H26F2N6O7. The first-order valence-corrected chi connectivity index (χ1v) is 12.7. The van der Waals surface area contributed by atoms with Crippen LogP contribution in [-0.2, 0) is 32.2 Å². The zero-order chi connectivity index (χ0) is 29.4. The zero-order valence-corrected chi connectivity index (χ0v) is 21.9. The molecule has 1 saturated heterocycles. The summed E-state index contributed by atoms with van der Waals surface area (Å²) >= 11 is 0. The molecule has 0 radical (unpaired) electrons. The molecule has 1 atom stereocenters. The van der Waals surface area contributed by atoms with E-state index < -0.39 is 42.1 Å². The van der Waals surface area contributed by atoms with Crippen molar-refractivity contribution in [3.63, 3.8) is 0 Å². The Balaban J connectivity index is 1.33. The minimum atomic E-state index is -1.28. The van der Waals surface area contributed by atoms with E-state index in [4.69, 9.17) is 9.84 Å². The molecule has 3 aromatic rings. The minimum Gasteiger partial charge on any atom is -0.481 e. The Bertz CT molecular complexity index is 1610. The van der Waals surface area contributed by atoms with E-state index in [-0.39, 0.29) is 67.8 Å². The standard InChI is InChI=1S/C26H26F2N6O7/c1-14(35)29-12-17-13-32(26(40)41-17)16-9-19(27)24(20(28)10-16)31-4-6-33-21-3-2-15(30-22(36)11-23(37)38)8-18(21)25(39)34(33)7-5-31/h2-3,8-10,17H,4-7,11-13H2,1H3,(H,29,35)(H,30,36)(H,37,38)/t17-/m0/s1. The highest BCUT2D eigenvalue weighted by atomic mass is 19.1. The second kappa shape index (κ2) is 10.9. The van der Waals surface area contributed by atoms with Crippen molar-refractivity contribution in [2.75, 3.05) is 41.3 Å². The summed E-state index contributed by atoms with van der Waals surface area (Å²) in [5.74, 6) is -4.08. The van der Waals surface area contributed by atoms with Gasteiger partial charge >= 0.3 is 12.1 Å². The lowest BCUT2D eigenvalue weighted by Gasteiger charge is -2.24. The van der Waals surface area contributed by atoms with E-state index in [9.17, 15) is 24.0 Å². The van der Waals surface area contributed by atoms with Gasteiger partial charge in [-0.15, -0.1) is 0 Å². The van der Waals surface area contributed by atoms with Gasteiger partial charge in [-0.25, -0.2) is 18.3 Å². The van der Waals surface area contributed by atoms with Crippen molar-refractivity contribution in [2.24, 2.45) is 0 Å². The number of hydrogen-bond acceptors (Lipinski definition) is 7. The summed E-state index contributed by atoms with van der Waals surface area (Å²) in [4.78, 5) is 61.7. The average molecular weight is 573 g/mol. The number of halogens is 2. The van der Waals surface area contributed by atoms with Crippen molar-refractivity contribution < 1.29 is 37.8 Å². The van der Waals surface area contributed by atoms with Crippen LogP contribution in [0.15, 0.2) is 35.1 Å². The monoisotopic (exact) mass is 572 g/mol. The summed E-state index contributed by atoms with van der Waals surface area (Å²) in [6, 6.07) is 6.72.